The van der Waals surface area contributed by atoms with Crippen molar-refractivity contribution >= 4 is 27.1 Å². The Morgan fingerprint density at radius 2 is 2.21 bits per heavy atom. The maximum Gasteiger partial charge on any atom is 0.254 e. The van der Waals surface area contributed by atoms with E-state index in [1.807, 2.05) is 0 Å². The Bertz CT molecular complexity index is 608. The summed E-state index contributed by atoms with van der Waals surface area (Å²) in [5, 5.41) is 1.71. The van der Waals surface area contributed by atoms with Gasteiger partial charge in [0.25, 0.3) is 5.91 Å². The van der Waals surface area contributed by atoms with Gasteiger partial charge >= 0.3 is 0 Å². The van der Waals surface area contributed by atoms with Gasteiger partial charge < -0.3 is 10.6 Å². The summed E-state index contributed by atoms with van der Waals surface area (Å²) in [5.41, 5.74) is 5.79. The van der Waals surface area contributed by atoms with E-state index in [0.717, 1.165) is 11.1 Å². The van der Waals surface area contributed by atoms with Crippen LogP contribution in [0, 0.1) is 11.8 Å². The molecule has 0 aliphatic heterocycles. The number of nitrogens with zero attached hydrogens (tertiary/aromatic N) is 1. The average molecular weight is 300 g/mol. The molecule has 0 spiro atoms. The third-order valence-corrected chi connectivity index (χ3v) is 4.07. The van der Waals surface area contributed by atoms with Crippen LogP contribution in [0.5, 0.6) is 0 Å². The Balaban J connectivity index is 2.69. The molecule has 7 heteroatoms. The van der Waals surface area contributed by atoms with Crippen LogP contribution in [-0.4, -0.2) is 51.4 Å². The molecule has 0 atom stereocenters. The van der Waals surface area contributed by atoms with Crippen LogP contribution < -0.4 is 5.73 Å². The first kappa shape index (κ1) is 15.7. The van der Waals surface area contributed by atoms with Crippen molar-refractivity contribution in [2.45, 2.75) is 0 Å². The molecule has 5 nitrogen and oxygen atoms in total. The number of carbonyl (C=O) groups is 1. The third-order valence-electron chi connectivity index (χ3n) is 2.30. The SMILES string of the molecule is CN(CCS(C)(=O)=O)C(=O)c1csc(C#CCN)c1. The van der Waals surface area contributed by atoms with Gasteiger partial charge in [-0.2, -0.15) is 0 Å². The maximum absolute atomic E-state index is 12.0. The van der Waals surface area contributed by atoms with E-state index in [4.69, 9.17) is 5.73 Å². The van der Waals surface area contributed by atoms with E-state index in [9.17, 15) is 13.2 Å². The normalized spacial score (nSPS) is 10.7. The lowest BCUT2D eigenvalue weighted by Gasteiger charge is -2.15. The first-order valence-corrected chi connectivity index (χ1v) is 8.48. The Labute approximate surface area is 117 Å². The van der Waals surface area contributed by atoms with Crippen molar-refractivity contribution in [1.82, 2.24) is 4.90 Å². The second-order valence-electron chi connectivity index (χ2n) is 4.06. The molecule has 0 bridgehead atoms. The maximum atomic E-state index is 12.0. The van der Waals surface area contributed by atoms with Crippen LogP contribution in [0.4, 0.5) is 0 Å². The molecule has 0 saturated carbocycles. The predicted molar refractivity (Wildman–Crippen MR) is 76.9 cm³/mol. The second-order valence-corrected chi connectivity index (χ2v) is 7.23. The standard InChI is InChI=1S/C12H16N2O3S2/c1-14(6-7-19(2,16)17)12(15)10-8-11(18-9-10)4-3-5-13/h8-9H,5-7,13H2,1-2H3. The largest absolute Gasteiger partial charge is 0.341 e. The third kappa shape index (κ3) is 5.42. The number of sulfone groups is 1. The van der Waals surface area contributed by atoms with Gasteiger partial charge in [-0.3, -0.25) is 4.79 Å². The van der Waals surface area contributed by atoms with Gasteiger partial charge in [-0.05, 0) is 6.07 Å². The van der Waals surface area contributed by atoms with Crippen molar-refractivity contribution in [2.24, 2.45) is 5.73 Å². The molecule has 1 aromatic heterocycles. The fourth-order valence-corrected chi connectivity index (χ4v) is 2.63. The highest BCUT2D eigenvalue weighted by Crippen LogP contribution is 2.15. The van der Waals surface area contributed by atoms with Crippen molar-refractivity contribution < 1.29 is 13.2 Å². The molecule has 1 rings (SSSR count). The molecule has 0 aliphatic rings. The van der Waals surface area contributed by atoms with E-state index < -0.39 is 9.84 Å². The smallest absolute Gasteiger partial charge is 0.254 e. The molecule has 0 radical (unpaired) electrons. The fourth-order valence-electron chi connectivity index (χ4n) is 1.28. The Morgan fingerprint density at radius 1 is 1.53 bits per heavy atom. The fraction of sp³-hybridized carbons (Fsp3) is 0.417. The summed E-state index contributed by atoms with van der Waals surface area (Å²) in [4.78, 5) is 14.2. The highest BCUT2D eigenvalue weighted by atomic mass is 32.2. The van der Waals surface area contributed by atoms with Crippen LogP contribution in [0.25, 0.3) is 0 Å². The number of nitrogens with two attached hydrogens (primary N) is 1. The quantitative estimate of drug-likeness (QED) is 0.804. The summed E-state index contributed by atoms with van der Waals surface area (Å²) in [6, 6.07) is 1.69. The Kier molecular flexibility index (Phi) is 5.54. The highest BCUT2D eigenvalue weighted by molar-refractivity contribution is 7.90. The second kappa shape index (κ2) is 6.70. The van der Waals surface area contributed by atoms with E-state index >= 15 is 0 Å². The van der Waals surface area contributed by atoms with Crippen LogP contribution in [-0.2, 0) is 9.84 Å². The van der Waals surface area contributed by atoms with Crippen molar-refractivity contribution in [3.05, 3.63) is 21.9 Å². The monoisotopic (exact) mass is 300 g/mol. The zero-order valence-electron chi connectivity index (χ0n) is 10.8. The number of amides is 1. The summed E-state index contributed by atoms with van der Waals surface area (Å²) >= 11 is 1.36. The molecule has 1 heterocycles. The van der Waals surface area contributed by atoms with Crippen LogP contribution in [0.3, 0.4) is 0 Å². The van der Waals surface area contributed by atoms with Crippen LogP contribution in [0.2, 0.25) is 0 Å². The zero-order valence-corrected chi connectivity index (χ0v) is 12.5. The summed E-state index contributed by atoms with van der Waals surface area (Å²) in [6.45, 7) is 0.451. The summed E-state index contributed by atoms with van der Waals surface area (Å²) < 4.78 is 22.1. The molecule has 0 saturated heterocycles. The van der Waals surface area contributed by atoms with Crippen molar-refractivity contribution in [2.75, 3.05) is 32.1 Å². The molecule has 1 amide bonds. The van der Waals surface area contributed by atoms with E-state index in [1.165, 1.54) is 16.2 Å². The topological polar surface area (TPSA) is 80.5 Å². The van der Waals surface area contributed by atoms with E-state index in [-0.39, 0.29) is 24.7 Å². The number of rotatable bonds is 4. The van der Waals surface area contributed by atoms with Crippen LogP contribution >= 0.6 is 11.3 Å². The van der Waals surface area contributed by atoms with Gasteiger partial charge in [0.05, 0.1) is 22.7 Å². The summed E-state index contributed by atoms with van der Waals surface area (Å²) in [6.07, 6.45) is 1.15. The van der Waals surface area contributed by atoms with Crippen molar-refractivity contribution in [3.63, 3.8) is 0 Å². The zero-order chi connectivity index (χ0) is 14.5. The van der Waals surface area contributed by atoms with Crippen LogP contribution in [0.15, 0.2) is 11.4 Å². The lowest BCUT2D eigenvalue weighted by Crippen LogP contribution is -2.31. The van der Waals surface area contributed by atoms with Crippen molar-refractivity contribution in [3.8, 4) is 11.8 Å². The highest BCUT2D eigenvalue weighted by Gasteiger charge is 2.15. The number of thiophene rings is 1. The molecule has 0 fully saturated rings. The minimum absolute atomic E-state index is 0.0424. The Morgan fingerprint density at radius 3 is 2.79 bits per heavy atom. The first-order valence-electron chi connectivity index (χ1n) is 5.54. The van der Waals surface area contributed by atoms with E-state index in [0.29, 0.717) is 5.56 Å². The molecule has 104 valence electrons. The lowest BCUT2D eigenvalue weighted by atomic mass is 10.2. The van der Waals surface area contributed by atoms with Gasteiger partial charge in [-0.25, -0.2) is 8.42 Å². The molecule has 0 aliphatic carbocycles. The molecule has 1 aromatic rings. The first-order chi connectivity index (χ1) is 8.83. The van der Waals surface area contributed by atoms with Gasteiger partial charge in [0, 0.05) is 25.2 Å². The molecular weight excluding hydrogens is 284 g/mol. The summed E-state index contributed by atoms with van der Waals surface area (Å²) in [7, 11) is -1.49. The van der Waals surface area contributed by atoms with Gasteiger partial charge in [-0.1, -0.05) is 11.8 Å². The van der Waals surface area contributed by atoms with Gasteiger partial charge in [0.2, 0.25) is 0 Å². The summed E-state index contributed by atoms with van der Waals surface area (Å²) in [5.74, 6) is 5.32. The van der Waals surface area contributed by atoms with E-state index in [1.54, 1.807) is 18.5 Å². The van der Waals surface area contributed by atoms with Crippen molar-refractivity contribution in [1.29, 1.82) is 0 Å². The molecule has 0 unspecified atom stereocenters. The minimum Gasteiger partial charge on any atom is -0.341 e. The lowest BCUT2D eigenvalue weighted by molar-refractivity contribution is 0.0804. The predicted octanol–water partition coefficient (Wildman–Crippen LogP) is 0.175. The van der Waals surface area contributed by atoms with Gasteiger partial charge in [0.15, 0.2) is 0 Å². The molecular formula is C12H16N2O3S2. The molecule has 0 aromatic carbocycles. The van der Waals surface area contributed by atoms with E-state index in [2.05, 4.69) is 11.8 Å². The minimum atomic E-state index is -3.07. The van der Waals surface area contributed by atoms with Gasteiger partial charge in [0.1, 0.15) is 9.84 Å². The number of hydrogen-bond donors (Lipinski definition) is 1. The average Bonchev–Trinajstić information content (AvgIpc) is 2.80. The number of carbonyl (C=O) groups excluding carboxylic acids is 1. The number of hydrogen-bond acceptors (Lipinski definition) is 5. The molecule has 2 N–H and O–H groups in total. The molecule has 19 heavy (non-hydrogen) atoms. The Hall–Kier alpha value is -1.36. The van der Waals surface area contributed by atoms with Crippen LogP contribution in [0.1, 0.15) is 15.2 Å². The van der Waals surface area contributed by atoms with Gasteiger partial charge in [-0.15, -0.1) is 11.3 Å².